The van der Waals surface area contributed by atoms with Gasteiger partial charge in [-0.3, -0.25) is 0 Å². The summed E-state index contributed by atoms with van der Waals surface area (Å²) in [6.07, 6.45) is 9.90. The highest BCUT2D eigenvalue weighted by atomic mass is 79.9. The second-order valence-electron chi connectivity index (χ2n) is 5.75. The molecule has 1 rings (SSSR count). The van der Waals surface area contributed by atoms with Crippen LogP contribution in [0, 0.1) is 10.8 Å². The summed E-state index contributed by atoms with van der Waals surface area (Å²) in [5.74, 6) is 0. The van der Waals surface area contributed by atoms with E-state index in [0.29, 0.717) is 0 Å². The molecular formula is C16H23Br. The van der Waals surface area contributed by atoms with E-state index in [1.54, 1.807) is 0 Å². The van der Waals surface area contributed by atoms with E-state index in [2.05, 4.69) is 75.4 Å². The quantitative estimate of drug-likeness (QED) is 0.579. The summed E-state index contributed by atoms with van der Waals surface area (Å²) in [5.41, 5.74) is 2.85. The van der Waals surface area contributed by atoms with Crippen LogP contribution in [0.3, 0.4) is 0 Å². The fourth-order valence-electron chi connectivity index (χ4n) is 2.19. The van der Waals surface area contributed by atoms with Crippen LogP contribution in [0.5, 0.6) is 0 Å². The summed E-state index contributed by atoms with van der Waals surface area (Å²) in [7, 11) is 0. The van der Waals surface area contributed by atoms with Crippen molar-refractivity contribution in [1.82, 2.24) is 0 Å². The molecular weight excluding hydrogens is 272 g/mol. The van der Waals surface area contributed by atoms with Crippen molar-refractivity contribution < 1.29 is 0 Å². The zero-order valence-electron chi connectivity index (χ0n) is 11.6. The van der Waals surface area contributed by atoms with Crippen LogP contribution in [0.1, 0.15) is 41.0 Å². The molecule has 0 nitrogen and oxygen atoms in total. The molecule has 0 N–H and O–H groups in total. The summed E-state index contributed by atoms with van der Waals surface area (Å²) in [6, 6.07) is 0. The molecule has 0 unspecified atom stereocenters. The molecule has 0 spiro atoms. The van der Waals surface area contributed by atoms with E-state index in [1.807, 2.05) is 6.08 Å². The molecule has 0 saturated heterocycles. The smallest absolute Gasteiger partial charge is 0.00789 e. The minimum Gasteiger partial charge on any atom is -0.0987 e. The molecule has 94 valence electrons. The second-order valence-corrected chi connectivity index (χ2v) is 6.77. The Bertz CT molecular complexity index is 403. The summed E-state index contributed by atoms with van der Waals surface area (Å²) in [6.45, 7) is 15.1. The molecule has 0 aromatic rings. The molecule has 0 bridgehead atoms. The lowest BCUT2D eigenvalue weighted by atomic mass is 9.68. The fraction of sp³-hybridized carbons (Fsp3) is 0.500. The standard InChI is InChI=1S/C16H23Br/c1-7-12(17)11-14-13(8-2)15(3,4)9-10-16(14,5)6/h8-11H,2,7H2,1,3-6H3/b12-11+. The van der Waals surface area contributed by atoms with Crippen molar-refractivity contribution in [3.8, 4) is 0 Å². The predicted octanol–water partition coefficient (Wildman–Crippen LogP) is 5.78. The predicted molar refractivity (Wildman–Crippen MR) is 81.2 cm³/mol. The molecule has 0 fully saturated rings. The van der Waals surface area contributed by atoms with E-state index in [4.69, 9.17) is 0 Å². The van der Waals surface area contributed by atoms with Crippen LogP contribution in [-0.4, -0.2) is 0 Å². The van der Waals surface area contributed by atoms with Crippen LogP contribution < -0.4 is 0 Å². The van der Waals surface area contributed by atoms with E-state index in [9.17, 15) is 0 Å². The van der Waals surface area contributed by atoms with Gasteiger partial charge in [0.05, 0.1) is 0 Å². The lowest BCUT2D eigenvalue weighted by molar-refractivity contribution is 0.495. The van der Waals surface area contributed by atoms with Crippen LogP contribution in [0.4, 0.5) is 0 Å². The molecule has 0 heterocycles. The fourth-order valence-corrected chi connectivity index (χ4v) is 2.41. The van der Waals surface area contributed by atoms with Crippen LogP contribution in [0.25, 0.3) is 0 Å². The Morgan fingerprint density at radius 1 is 1.18 bits per heavy atom. The summed E-state index contributed by atoms with van der Waals surface area (Å²) in [4.78, 5) is 0. The molecule has 0 radical (unpaired) electrons. The van der Waals surface area contributed by atoms with Gasteiger partial charge in [-0.25, -0.2) is 0 Å². The van der Waals surface area contributed by atoms with Crippen molar-refractivity contribution in [1.29, 1.82) is 0 Å². The van der Waals surface area contributed by atoms with Gasteiger partial charge in [-0.05, 0) is 28.1 Å². The third-order valence-electron chi connectivity index (χ3n) is 3.44. The first-order chi connectivity index (χ1) is 7.74. The third kappa shape index (κ3) is 3.01. The minimum absolute atomic E-state index is 0.0735. The Labute approximate surface area is 114 Å². The van der Waals surface area contributed by atoms with Crippen molar-refractivity contribution in [3.05, 3.63) is 46.5 Å². The largest absolute Gasteiger partial charge is 0.0987 e. The van der Waals surface area contributed by atoms with Crippen molar-refractivity contribution in [2.24, 2.45) is 10.8 Å². The molecule has 1 aliphatic rings. The van der Waals surface area contributed by atoms with Gasteiger partial charge in [0.25, 0.3) is 0 Å². The highest BCUT2D eigenvalue weighted by molar-refractivity contribution is 9.11. The third-order valence-corrected chi connectivity index (χ3v) is 4.23. The molecule has 17 heavy (non-hydrogen) atoms. The van der Waals surface area contributed by atoms with E-state index in [0.717, 1.165) is 6.42 Å². The summed E-state index contributed by atoms with van der Waals surface area (Å²) in [5, 5.41) is 0. The first-order valence-electron chi connectivity index (χ1n) is 6.18. The van der Waals surface area contributed by atoms with Gasteiger partial charge in [-0.2, -0.15) is 0 Å². The Balaban J connectivity index is 3.42. The van der Waals surface area contributed by atoms with E-state index >= 15 is 0 Å². The molecule has 0 saturated carbocycles. The van der Waals surface area contributed by atoms with Crippen molar-refractivity contribution in [2.75, 3.05) is 0 Å². The van der Waals surface area contributed by atoms with Gasteiger partial charge >= 0.3 is 0 Å². The average Bonchev–Trinajstić information content (AvgIpc) is 2.24. The SMILES string of the molecule is C=CC1=C(/C=C(/Br)CC)C(C)(C)C=CC1(C)C. The normalized spacial score (nSPS) is 22.8. The molecule has 1 aliphatic carbocycles. The van der Waals surface area contributed by atoms with Gasteiger partial charge in [0, 0.05) is 10.8 Å². The molecule has 0 amide bonds. The summed E-state index contributed by atoms with van der Waals surface area (Å²) >= 11 is 3.63. The lowest BCUT2D eigenvalue weighted by Crippen LogP contribution is -2.24. The number of hydrogen-bond donors (Lipinski definition) is 0. The van der Waals surface area contributed by atoms with Crippen molar-refractivity contribution in [3.63, 3.8) is 0 Å². The Hall–Kier alpha value is -0.560. The van der Waals surface area contributed by atoms with Crippen LogP contribution >= 0.6 is 15.9 Å². The van der Waals surface area contributed by atoms with Crippen LogP contribution in [0.2, 0.25) is 0 Å². The van der Waals surface area contributed by atoms with Gasteiger partial charge in [-0.1, -0.05) is 75.4 Å². The number of halogens is 1. The second kappa shape index (κ2) is 4.97. The number of rotatable bonds is 3. The molecule has 0 aromatic carbocycles. The molecule has 0 aliphatic heterocycles. The maximum Gasteiger partial charge on any atom is 0.00789 e. The number of allylic oxidation sites excluding steroid dienone is 7. The van der Waals surface area contributed by atoms with Gasteiger partial charge in [0.2, 0.25) is 0 Å². The van der Waals surface area contributed by atoms with Gasteiger partial charge in [-0.15, -0.1) is 0 Å². The molecule has 1 heteroatoms. The maximum absolute atomic E-state index is 3.99. The Kier molecular flexibility index (Phi) is 4.24. The Morgan fingerprint density at radius 2 is 1.65 bits per heavy atom. The average molecular weight is 295 g/mol. The van der Waals surface area contributed by atoms with E-state index in [-0.39, 0.29) is 10.8 Å². The monoisotopic (exact) mass is 294 g/mol. The van der Waals surface area contributed by atoms with Crippen molar-refractivity contribution >= 4 is 15.9 Å². The molecule has 0 atom stereocenters. The van der Waals surface area contributed by atoms with Gasteiger partial charge in [0.15, 0.2) is 0 Å². The van der Waals surface area contributed by atoms with Crippen LogP contribution in [-0.2, 0) is 0 Å². The van der Waals surface area contributed by atoms with Gasteiger partial charge < -0.3 is 0 Å². The topological polar surface area (TPSA) is 0 Å². The van der Waals surface area contributed by atoms with Crippen LogP contribution in [0.15, 0.2) is 46.5 Å². The summed E-state index contributed by atoms with van der Waals surface area (Å²) < 4.78 is 1.24. The van der Waals surface area contributed by atoms with E-state index < -0.39 is 0 Å². The molecule has 0 aromatic heterocycles. The van der Waals surface area contributed by atoms with E-state index in [1.165, 1.54) is 15.6 Å². The zero-order chi connectivity index (χ0) is 13.3. The first kappa shape index (κ1) is 14.5. The maximum atomic E-state index is 3.99. The lowest BCUT2D eigenvalue weighted by Gasteiger charge is -2.37. The Morgan fingerprint density at radius 3 is 2.06 bits per heavy atom. The zero-order valence-corrected chi connectivity index (χ0v) is 13.2. The van der Waals surface area contributed by atoms with Crippen molar-refractivity contribution in [2.45, 2.75) is 41.0 Å². The minimum atomic E-state index is 0.0735. The van der Waals surface area contributed by atoms with Gasteiger partial charge in [0.1, 0.15) is 0 Å². The first-order valence-corrected chi connectivity index (χ1v) is 6.98. The number of hydrogen-bond acceptors (Lipinski definition) is 0. The highest BCUT2D eigenvalue weighted by Gasteiger charge is 2.32. The highest BCUT2D eigenvalue weighted by Crippen LogP contribution is 2.45.